The monoisotopic (exact) mass is 448 g/mol. The predicted octanol–water partition coefficient (Wildman–Crippen LogP) is -0.436. The van der Waals surface area contributed by atoms with Crippen LogP contribution in [0.3, 0.4) is 0 Å². The van der Waals surface area contributed by atoms with Gasteiger partial charge in [-0.05, 0) is 62.9 Å². The number of carbonyl (C=O) groups is 2. The lowest BCUT2D eigenvalue weighted by Gasteiger charge is -2.42. The average molecular weight is 449 g/mol. The summed E-state index contributed by atoms with van der Waals surface area (Å²) in [5.41, 5.74) is 4.85. The molecule has 0 aromatic heterocycles. The van der Waals surface area contributed by atoms with Crippen LogP contribution in [0.5, 0.6) is 0 Å². The molecule has 3 rings (SSSR count). The van der Waals surface area contributed by atoms with Gasteiger partial charge in [-0.2, -0.15) is 0 Å². The highest BCUT2D eigenvalue weighted by Crippen LogP contribution is 2.39. The van der Waals surface area contributed by atoms with E-state index in [-0.39, 0.29) is 12.1 Å². The van der Waals surface area contributed by atoms with Gasteiger partial charge in [-0.3, -0.25) is 9.69 Å². The zero-order valence-corrected chi connectivity index (χ0v) is 19.3. The number of hydrogen-bond acceptors (Lipinski definition) is 7. The number of aliphatic carboxylic acids is 1. The highest BCUT2D eigenvalue weighted by Gasteiger charge is 2.40. The predicted molar refractivity (Wildman–Crippen MR) is 118 cm³/mol. The van der Waals surface area contributed by atoms with Crippen molar-refractivity contribution in [1.82, 2.24) is 14.9 Å². The number of fused-ring (bicyclic) bond motifs is 1. The number of nitrogens with one attached hydrogen (secondary N) is 2. The van der Waals surface area contributed by atoms with Crippen LogP contribution in [0.25, 0.3) is 0 Å². The fourth-order valence-corrected chi connectivity index (χ4v) is 5.59. The number of aliphatic hydroxyl groups is 1. The van der Waals surface area contributed by atoms with E-state index in [4.69, 9.17) is 10.8 Å². The van der Waals surface area contributed by atoms with Gasteiger partial charge in [-0.1, -0.05) is 6.92 Å². The van der Waals surface area contributed by atoms with Gasteiger partial charge in [0.2, 0.25) is 0 Å². The maximum Gasteiger partial charge on any atom is 0.320 e. The Hall–Kier alpha value is -0.910. The zero-order chi connectivity index (χ0) is 22.7. The van der Waals surface area contributed by atoms with Gasteiger partial charge in [0.15, 0.2) is 0 Å². The molecule has 3 aliphatic rings. The smallest absolute Gasteiger partial charge is 0.320 e. The largest absolute Gasteiger partial charge is 0.480 e. The van der Waals surface area contributed by atoms with E-state index in [1.165, 1.54) is 0 Å². The van der Waals surface area contributed by atoms with Gasteiger partial charge in [0.25, 0.3) is 0 Å². The summed E-state index contributed by atoms with van der Waals surface area (Å²) in [5, 5.41) is 19.4. The summed E-state index contributed by atoms with van der Waals surface area (Å²) in [6, 6.07) is -0.408. The first-order valence-corrected chi connectivity index (χ1v) is 12.3. The number of hydrogen-bond donors (Lipinski definition) is 5. The second kappa shape index (κ2) is 14.2. The van der Waals surface area contributed by atoms with Crippen LogP contribution in [0.2, 0.25) is 0 Å². The molecule has 0 bridgehead atoms. The second-order valence-electron chi connectivity index (χ2n) is 8.30. The normalized spacial score (nSPS) is 34.4. The molecule has 9 nitrogen and oxygen atoms in total. The molecule has 7 atom stereocenters. The first-order chi connectivity index (χ1) is 14.4. The topological polar surface area (TPSA) is 145 Å². The Morgan fingerprint density at radius 3 is 2.50 bits per heavy atom. The van der Waals surface area contributed by atoms with Crippen molar-refractivity contribution < 1.29 is 24.0 Å². The lowest BCUT2D eigenvalue weighted by molar-refractivity contribution is -0.141. The zero-order valence-electron chi connectivity index (χ0n) is 18.5. The number of nitrogens with zero attached hydrogens (tertiary/aromatic N) is 1. The van der Waals surface area contributed by atoms with Crippen LogP contribution in [0.1, 0.15) is 39.0 Å². The Kier molecular flexibility index (Phi) is 12.8. The maximum atomic E-state index is 11.4. The third kappa shape index (κ3) is 8.32. The molecule has 0 amide bonds. The second-order valence-corrected chi connectivity index (χ2v) is 9.45. The Balaban J connectivity index is 0.000000826. The number of carbonyl (C=O) groups excluding carboxylic acids is 1. The van der Waals surface area contributed by atoms with Crippen LogP contribution in [0, 0.1) is 17.8 Å². The fraction of sp³-hybridized carbons (Fsp3) is 0.900. The lowest BCUT2D eigenvalue weighted by Crippen LogP contribution is -2.50. The summed E-state index contributed by atoms with van der Waals surface area (Å²) >= 11 is 0. The van der Waals surface area contributed by atoms with Crippen LogP contribution < -0.4 is 15.8 Å². The molecule has 0 spiro atoms. The molecule has 176 valence electrons. The van der Waals surface area contributed by atoms with Crippen LogP contribution >= 0.6 is 0 Å². The van der Waals surface area contributed by atoms with Crippen molar-refractivity contribution in [2.45, 2.75) is 57.2 Å². The molecule has 1 aliphatic carbocycles. The molecule has 10 heteroatoms. The Labute approximate surface area is 182 Å². The summed E-state index contributed by atoms with van der Waals surface area (Å²) in [6.45, 7) is 5.10. The van der Waals surface area contributed by atoms with Gasteiger partial charge in [0, 0.05) is 32.5 Å². The van der Waals surface area contributed by atoms with E-state index in [1.807, 2.05) is 6.92 Å². The van der Waals surface area contributed by atoms with E-state index in [9.17, 15) is 18.9 Å². The molecule has 6 N–H and O–H groups in total. The molecular weight excluding hydrogens is 408 g/mol. The first kappa shape index (κ1) is 27.1. The Morgan fingerprint density at radius 1 is 1.27 bits per heavy atom. The first-order valence-electron chi connectivity index (χ1n) is 10.8. The van der Waals surface area contributed by atoms with Crippen LogP contribution in [-0.2, 0) is 20.6 Å². The minimum Gasteiger partial charge on any atom is -0.480 e. The van der Waals surface area contributed by atoms with Crippen molar-refractivity contribution in [3.05, 3.63) is 0 Å². The van der Waals surface area contributed by atoms with E-state index in [2.05, 4.69) is 14.9 Å². The van der Waals surface area contributed by atoms with Gasteiger partial charge >= 0.3 is 5.97 Å². The van der Waals surface area contributed by atoms with E-state index in [0.29, 0.717) is 30.6 Å². The summed E-state index contributed by atoms with van der Waals surface area (Å²) in [6.07, 6.45) is 7.39. The number of carboxylic acids is 1. The van der Waals surface area contributed by atoms with Crippen LogP contribution in [0.15, 0.2) is 0 Å². The van der Waals surface area contributed by atoms with E-state index >= 15 is 0 Å². The third-order valence-corrected chi connectivity index (χ3v) is 6.81. The van der Waals surface area contributed by atoms with Crippen molar-refractivity contribution in [3.63, 3.8) is 0 Å². The highest BCUT2D eigenvalue weighted by molar-refractivity contribution is 7.82. The number of nitrogens with two attached hydrogens (primary N) is 1. The van der Waals surface area contributed by atoms with Crippen molar-refractivity contribution in [2.24, 2.45) is 23.5 Å². The van der Waals surface area contributed by atoms with Crippen LogP contribution in [0.4, 0.5) is 0 Å². The van der Waals surface area contributed by atoms with Gasteiger partial charge < -0.3 is 26.1 Å². The molecule has 30 heavy (non-hydrogen) atoms. The van der Waals surface area contributed by atoms with Gasteiger partial charge in [-0.15, -0.1) is 0 Å². The Morgan fingerprint density at radius 2 is 1.93 bits per heavy atom. The molecule has 2 aliphatic heterocycles. The molecule has 0 aromatic carbocycles. The van der Waals surface area contributed by atoms with E-state index in [1.54, 1.807) is 6.26 Å². The molecule has 2 saturated heterocycles. The maximum absolute atomic E-state index is 11.4. The van der Waals surface area contributed by atoms with E-state index in [0.717, 1.165) is 58.8 Å². The molecule has 0 radical (unpaired) electrons. The highest BCUT2D eigenvalue weighted by atomic mass is 32.2. The summed E-state index contributed by atoms with van der Waals surface area (Å²) in [7, 11) is -0.0632. The minimum atomic E-state index is -1.06. The summed E-state index contributed by atoms with van der Waals surface area (Å²) in [5.74, 6) is 0.824. The van der Waals surface area contributed by atoms with Crippen LogP contribution in [-0.4, -0.2) is 89.2 Å². The number of rotatable bonds is 6. The standard InChI is InChI=1S/C17H29N3O4S.C2H7N.CH4O/c1-25(24)19-14-6-15(10-21)20(9-14)8-11-2-3-12-7-18-16(17(22)23)5-13(12)4-11;1-2-3;1-2/h10-16,18-19H,2-9H2,1H3,(H,22,23);2-3H2,1H3;2H,1H3/t11-,12-,13+,14-,15-,16-,25?;;/m0../s1. The lowest BCUT2D eigenvalue weighted by atomic mass is 9.69. The van der Waals surface area contributed by atoms with Gasteiger partial charge in [-0.25, -0.2) is 8.93 Å². The minimum absolute atomic E-state index is 0.0986. The third-order valence-electron chi connectivity index (χ3n) is 6.14. The molecular formula is C20H40N4O5S. The SMILES string of the molecule is CCN.CO.CS(=O)N[C@H]1C[C@@H](C=O)N(C[C@H]2CC[C@H]3CN[C@H](C(=O)O)C[C@H]3C2)C1. The number of likely N-dealkylation sites (tertiary alicyclic amines) is 1. The fourth-order valence-electron chi connectivity index (χ4n) is 4.95. The molecule has 3 fully saturated rings. The molecule has 2 heterocycles. The number of aldehydes is 1. The summed E-state index contributed by atoms with van der Waals surface area (Å²) in [4.78, 5) is 24.9. The van der Waals surface area contributed by atoms with Crippen molar-refractivity contribution >= 4 is 23.2 Å². The quantitative estimate of drug-likeness (QED) is 0.344. The van der Waals surface area contributed by atoms with Crippen molar-refractivity contribution in [2.75, 3.05) is 39.5 Å². The average Bonchev–Trinajstić information content (AvgIpc) is 3.10. The molecule has 1 unspecified atom stereocenters. The molecule has 0 aromatic rings. The van der Waals surface area contributed by atoms with Crippen molar-refractivity contribution in [1.29, 1.82) is 0 Å². The van der Waals surface area contributed by atoms with Crippen molar-refractivity contribution in [3.8, 4) is 0 Å². The van der Waals surface area contributed by atoms with E-state index < -0.39 is 23.0 Å². The van der Waals surface area contributed by atoms with Gasteiger partial charge in [0.05, 0.1) is 17.0 Å². The Bertz CT molecular complexity index is 553. The number of carboxylic acid groups (broad SMARTS) is 1. The molecule has 1 saturated carbocycles. The summed E-state index contributed by atoms with van der Waals surface area (Å²) < 4.78 is 14.4. The number of piperidine rings is 1. The number of aliphatic hydroxyl groups excluding tert-OH is 1. The van der Waals surface area contributed by atoms with Gasteiger partial charge in [0.1, 0.15) is 12.3 Å².